The van der Waals surface area contributed by atoms with Crippen LogP contribution >= 0.6 is 0 Å². The number of methoxy groups -OCH3 is 1. The average molecular weight is 235 g/mol. The highest BCUT2D eigenvalue weighted by Crippen LogP contribution is 2.33. The molecule has 2 N–H and O–H groups in total. The minimum Gasteiger partial charge on any atom is -0.469 e. The molecule has 0 unspecified atom stereocenters. The van der Waals surface area contributed by atoms with Crippen LogP contribution in [0.3, 0.4) is 0 Å². The summed E-state index contributed by atoms with van der Waals surface area (Å²) in [7, 11) is 1.39. The Morgan fingerprint density at radius 3 is 2.35 bits per heavy atom. The number of aryl methyl sites for hydroxylation is 2. The molecule has 1 aromatic carbocycles. The van der Waals surface area contributed by atoms with E-state index < -0.39 is 5.41 Å². The van der Waals surface area contributed by atoms with E-state index >= 15 is 0 Å². The Labute approximate surface area is 103 Å². The molecular formula is C14H21NO2. The molecule has 0 spiro atoms. The fourth-order valence-electron chi connectivity index (χ4n) is 1.76. The molecule has 0 aromatic heterocycles. The third-order valence-corrected chi connectivity index (χ3v) is 3.38. The minimum atomic E-state index is -0.726. The van der Waals surface area contributed by atoms with Gasteiger partial charge in [-0.3, -0.25) is 4.79 Å². The summed E-state index contributed by atoms with van der Waals surface area (Å²) in [5, 5.41) is 0. The zero-order valence-electron chi connectivity index (χ0n) is 11.2. The van der Waals surface area contributed by atoms with Crippen LogP contribution in [0.4, 0.5) is 0 Å². The van der Waals surface area contributed by atoms with Crippen LogP contribution in [0.1, 0.15) is 36.6 Å². The monoisotopic (exact) mass is 235 g/mol. The number of benzene rings is 1. The summed E-state index contributed by atoms with van der Waals surface area (Å²) in [5.74, 6) is -0.289. The van der Waals surface area contributed by atoms with E-state index in [1.54, 1.807) is 13.8 Å². The molecule has 0 bridgehead atoms. The highest BCUT2D eigenvalue weighted by Gasteiger charge is 2.36. The molecule has 94 valence electrons. The fraction of sp³-hybridized carbons (Fsp3) is 0.500. The second-order valence-corrected chi connectivity index (χ2v) is 5.03. The van der Waals surface area contributed by atoms with E-state index in [9.17, 15) is 4.79 Å². The number of esters is 1. The highest BCUT2D eigenvalue weighted by atomic mass is 16.5. The normalized spacial score (nSPS) is 13.3. The van der Waals surface area contributed by atoms with Gasteiger partial charge in [0, 0.05) is 6.04 Å². The molecule has 1 atom stereocenters. The molecule has 0 radical (unpaired) electrons. The molecule has 0 heterocycles. The molecule has 1 rings (SSSR count). The van der Waals surface area contributed by atoms with Crippen LogP contribution in [0.2, 0.25) is 0 Å². The van der Waals surface area contributed by atoms with Gasteiger partial charge >= 0.3 is 5.97 Å². The van der Waals surface area contributed by atoms with Crippen molar-refractivity contribution in [2.75, 3.05) is 7.11 Å². The largest absolute Gasteiger partial charge is 0.469 e. The first-order chi connectivity index (χ1) is 7.80. The number of hydrogen-bond acceptors (Lipinski definition) is 3. The highest BCUT2D eigenvalue weighted by molar-refractivity contribution is 5.77. The molecule has 0 amide bonds. The number of carbonyl (C=O) groups excluding carboxylic acids is 1. The van der Waals surface area contributed by atoms with Crippen molar-refractivity contribution in [2.24, 2.45) is 11.1 Å². The average Bonchev–Trinajstić information content (AvgIpc) is 2.30. The smallest absolute Gasteiger partial charge is 0.313 e. The van der Waals surface area contributed by atoms with Gasteiger partial charge in [-0.15, -0.1) is 0 Å². The summed E-state index contributed by atoms with van der Waals surface area (Å²) in [6, 6.07) is 5.66. The molecule has 1 aromatic rings. The van der Waals surface area contributed by atoms with Crippen molar-refractivity contribution in [1.29, 1.82) is 0 Å². The topological polar surface area (TPSA) is 52.3 Å². The van der Waals surface area contributed by atoms with Gasteiger partial charge in [0.25, 0.3) is 0 Å². The van der Waals surface area contributed by atoms with E-state index in [2.05, 4.69) is 6.92 Å². The van der Waals surface area contributed by atoms with E-state index in [0.717, 1.165) is 5.56 Å². The number of nitrogens with two attached hydrogens (primary N) is 1. The van der Waals surface area contributed by atoms with Crippen LogP contribution in [0.5, 0.6) is 0 Å². The lowest BCUT2D eigenvalue weighted by Crippen LogP contribution is -2.37. The predicted molar refractivity (Wildman–Crippen MR) is 68.6 cm³/mol. The Bertz CT molecular complexity index is 424. The lowest BCUT2D eigenvalue weighted by Gasteiger charge is -2.29. The van der Waals surface area contributed by atoms with E-state index in [1.165, 1.54) is 18.2 Å². The maximum Gasteiger partial charge on any atom is 0.313 e. The van der Waals surface area contributed by atoms with Gasteiger partial charge in [0.15, 0.2) is 0 Å². The maximum atomic E-state index is 11.7. The van der Waals surface area contributed by atoms with E-state index in [4.69, 9.17) is 10.5 Å². The third-order valence-electron chi connectivity index (χ3n) is 3.38. The zero-order valence-corrected chi connectivity index (χ0v) is 11.2. The molecule has 0 aliphatic heterocycles. The Morgan fingerprint density at radius 2 is 1.88 bits per heavy atom. The van der Waals surface area contributed by atoms with Crippen molar-refractivity contribution in [1.82, 2.24) is 0 Å². The fourth-order valence-corrected chi connectivity index (χ4v) is 1.76. The van der Waals surface area contributed by atoms with E-state index in [-0.39, 0.29) is 12.0 Å². The molecule has 17 heavy (non-hydrogen) atoms. The van der Waals surface area contributed by atoms with Gasteiger partial charge in [-0.05, 0) is 44.4 Å². The van der Waals surface area contributed by atoms with Crippen molar-refractivity contribution in [3.05, 3.63) is 34.9 Å². The number of carbonyl (C=O) groups is 1. The van der Waals surface area contributed by atoms with E-state index in [0.29, 0.717) is 0 Å². The van der Waals surface area contributed by atoms with Crippen LogP contribution in [-0.2, 0) is 9.53 Å². The Hall–Kier alpha value is -1.35. The minimum absolute atomic E-state index is 0.289. The van der Waals surface area contributed by atoms with Crippen LogP contribution in [0.15, 0.2) is 18.2 Å². The van der Waals surface area contributed by atoms with Gasteiger partial charge in [0.1, 0.15) is 0 Å². The quantitative estimate of drug-likeness (QED) is 0.819. The first kappa shape index (κ1) is 13.7. The van der Waals surface area contributed by atoms with Crippen molar-refractivity contribution < 1.29 is 9.53 Å². The van der Waals surface area contributed by atoms with Crippen molar-refractivity contribution in [2.45, 2.75) is 33.7 Å². The molecule has 3 heteroatoms. The molecule has 0 saturated carbocycles. The lowest BCUT2D eigenvalue weighted by molar-refractivity contribution is -0.152. The number of hydrogen-bond donors (Lipinski definition) is 1. The SMILES string of the molecule is COC(=O)C(C)(C)[C@H](N)c1ccc(C)c(C)c1. The van der Waals surface area contributed by atoms with Crippen LogP contribution in [0, 0.1) is 19.3 Å². The number of rotatable bonds is 3. The Balaban J connectivity index is 3.07. The molecule has 0 aliphatic carbocycles. The standard InChI is InChI=1S/C14H21NO2/c1-9-6-7-11(8-10(9)2)12(15)14(3,4)13(16)17-5/h6-8,12H,15H2,1-5H3/t12-/m1/s1. The van der Waals surface area contributed by atoms with Gasteiger partial charge in [0.05, 0.1) is 12.5 Å². The molecule has 0 aliphatic rings. The van der Waals surface area contributed by atoms with Crippen LogP contribution in [-0.4, -0.2) is 13.1 Å². The summed E-state index contributed by atoms with van der Waals surface area (Å²) in [6.45, 7) is 7.70. The maximum absolute atomic E-state index is 11.7. The van der Waals surface area contributed by atoms with Crippen molar-refractivity contribution in [3.63, 3.8) is 0 Å². The van der Waals surface area contributed by atoms with Crippen molar-refractivity contribution >= 4 is 5.97 Å². The Kier molecular flexibility index (Phi) is 3.94. The summed E-state index contributed by atoms with van der Waals surface area (Å²) in [5.41, 5.74) is 8.80. The van der Waals surface area contributed by atoms with Gasteiger partial charge in [-0.25, -0.2) is 0 Å². The zero-order chi connectivity index (χ0) is 13.2. The van der Waals surface area contributed by atoms with Gasteiger partial charge in [-0.2, -0.15) is 0 Å². The summed E-state index contributed by atoms with van der Waals surface area (Å²) in [6.07, 6.45) is 0. The first-order valence-electron chi connectivity index (χ1n) is 5.72. The van der Waals surface area contributed by atoms with E-state index in [1.807, 2.05) is 25.1 Å². The number of ether oxygens (including phenoxy) is 1. The van der Waals surface area contributed by atoms with Crippen LogP contribution in [0.25, 0.3) is 0 Å². The predicted octanol–water partition coefficient (Wildman–Crippen LogP) is 2.50. The third kappa shape index (κ3) is 2.67. The molecule has 3 nitrogen and oxygen atoms in total. The van der Waals surface area contributed by atoms with Gasteiger partial charge < -0.3 is 10.5 Å². The summed E-state index contributed by atoms with van der Waals surface area (Å²) < 4.78 is 4.79. The molecule has 0 fully saturated rings. The second-order valence-electron chi connectivity index (χ2n) is 5.03. The first-order valence-corrected chi connectivity index (χ1v) is 5.72. The molecular weight excluding hydrogens is 214 g/mol. The second kappa shape index (κ2) is 4.88. The molecule has 0 saturated heterocycles. The van der Waals surface area contributed by atoms with Crippen molar-refractivity contribution in [3.8, 4) is 0 Å². The van der Waals surface area contributed by atoms with Crippen LogP contribution < -0.4 is 5.73 Å². The van der Waals surface area contributed by atoms with Gasteiger partial charge in [-0.1, -0.05) is 18.2 Å². The lowest BCUT2D eigenvalue weighted by atomic mass is 9.80. The Morgan fingerprint density at radius 1 is 1.29 bits per heavy atom. The summed E-state index contributed by atoms with van der Waals surface area (Å²) >= 11 is 0. The summed E-state index contributed by atoms with van der Waals surface area (Å²) in [4.78, 5) is 11.7. The van der Waals surface area contributed by atoms with Gasteiger partial charge in [0.2, 0.25) is 0 Å².